The molecular formula is C20H27F3N4O3. The van der Waals surface area contributed by atoms with Crippen molar-refractivity contribution in [3.8, 4) is 0 Å². The van der Waals surface area contributed by atoms with Gasteiger partial charge in [-0.25, -0.2) is 4.98 Å². The van der Waals surface area contributed by atoms with Gasteiger partial charge >= 0.3 is 6.18 Å². The smallest absolute Gasteiger partial charge is 0.378 e. The standard InChI is InChI=1S/C20H27F3N4O3/c21-20(22,23)13-25-19(28)15-10-17-16(2-6-30-17)27(12-15)11-14-1-3-24-18(9-14)26-4-7-29-8-5-26/h1,3,9,15-17H,2,4-8,10-13H2,(H,25,28)/t15-,16+,17+/m0/s1. The van der Waals surface area contributed by atoms with Gasteiger partial charge in [0.2, 0.25) is 5.91 Å². The number of aromatic nitrogens is 1. The van der Waals surface area contributed by atoms with Crippen molar-refractivity contribution in [3.05, 3.63) is 23.9 Å². The molecule has 166 valence electrons. The van der Waals surface area contributed by atoms with Crippen LogP contribution in [0.3, 0.4) is 0 Å². The third-order valence-corrected chi connectivity index (χ3v) is 5.98. The van der Waals surface area contributed by atoms with Crippen LogP contribution in [-0.2, 0) is 20.8 Å². The summed E-state index contributed by atoms with van der Waals surface area (Å²) >= 11 is 0. The second kappa shape index (κ2) is 9.07. The number of piperidine rings is 1. The number of alkyl halides is 3. The summed E-state index contributed by atoms with van der Waals surface area (Å²) in [4.78, 5) is 21.2. The summed E-state index contributed by atoms with van der Waals surface area (Å²) in [5.74, 6) is -0.186. The van der Waals surface area contributed by atoms with Crippen LogP contribution in [0.1, 0.15) is 18.4 Å². The fraction of sp³-hybridized carbons (Fsp3) is 0.700. The molecule has 30 heavy (non-hydrogen) atoms. The lowest BCUT2D eigenvalue weighted by Crippen LogP contribution is -2.53. The Balaban J connectivity index is 1.43. The van der Waals surface area contributed by atoms with Crippen molar-refractivity contribution >= 4 is 11.7 Å². The van der Waals surface area contributed by atoms with Crippen molar-refractivity contribution in [3.63, 3.8) is 0 Å². The number of carbonyl (C=O) groups excluding carboxylic acids is 1. The number of fused-ring (bicyclic) bond motifs is 1. The zero-order valence-electron chi connectivity index (χ0n) is 16.7. The lowest BCUT2D eigenvalue weighted by Gasteiger charge is -2.40. The van der Waals surface area contributed by atoms with E-state index in [-0.39, 0.29) is 12.1 Å². The minimum atomic E-state index is -4.41. The van der Waals surface area contributed by atoms with Crippen LogP contribution in [0.25, 0.3) is 0 Å². The van der Waals surface area contributed by atoms with Crippen molar-refractivity contribution < 1.29 is 27.4 Å². The molecule has 4 heterocycles. The monoisotopic (exact) mass is 428 g/mol. The summed E-state index contributed by atoms with van der Waals surface area (Å²) in [6.07, 6.45) is -1.44. The highest BCUT2D eigenvalue weighted by atomic mass is 19.4. The van der Waals surface area contributed by atoms with Crippen molar-refractivity contribution in [1.29, 1.82) is 0 Å². The summed E-state index contributed by atoms with van der Waals surface area (Å²) in [5, 5.41) is 2.03. The van der Waals surface area contributed by atoms with E-state index in [0.717, 1.165) is 30.9 Å². The first-order valence-electron chi connectivity index (χ1n) is 10.4. The van der Waals surface area contributed by atoms with Crippen LogP contribution in [0, 0.1) is 5.92 Å². The first-order valence-corrected chi connectivity index (χ1v) is 10.4. The van der Waals surface area contributed by atoms with E-state index in [0.29, 0.717) is 39.3 Å². The number of nitrogens with one attached hydrogen (secondary N) is 1. The Kier molecular flexibility index (Phi) is 6.45. The Morgan fingerprint density at radius 1 is 1.27 bits per heavy atom. The molecule has 3 fully saturated rings. The number of hydrogen-bond donors (Lipinski definition) is 1. The van der Waals surface area contributed by atoms with Gasteiger partial charge in [0.1, 0.15) is 12.4 Å². The zero-order chi connectivity index (χ0) is 21.1. The molecule has 0 saturated carbocycles. The van der Waals surface area contributed by atoms with Crippen molar-refractivity contribution in [1.82, 2.24) is 15.2 Å². The van der Waals surface area contributed by atoms with Gasteiger partial charge in [-0.2, -0.15) is 13.2 Å². The number of anilines is 1. The molecule has 3 atom stereocenters. The highest BCUT2D eigenvalue weighted by Crippen LogP contribution is 2.33. The SMILES string of the molecule is O=C(NCC(F)(F)F)[C@H]1C[C@H]2OCC[C@H]2N(Cc2ccnc(N3CCOCC3)c2)C1. The molecule has 0 aromatic carbocycles. The van der Waals surface area contributed by atoms with E-state index < -0.39 is 24.5 Å². The number of ether oxygens (including phenoxy) is 2. The Labute approximate surface area is 173 Å². The van der Waals surface area contributed by atoms with Crippen LogP contribution in [0.2, 0.25) is 0 Å². The van der Waals surface area contributed by atoms with Gasteiger partial charge < -0.3 is 19.7 Å². The zero-order valence-corrected chi connectivity index (χ0v) is 16.7. The summed E-state index contributed by atoms with van der Waals surface area (Å²) in [6, 6.07) is 4.17. The van der Waals surface area contributed by atoms with Crippen LogP contribution < -0.4 is 10.2 Å². The summed E-state index contributed by atoms with van der Waals surface area (Å²) in [6.45, 7) is 3.27. The van der Waals surface area contributed by atoms with Crippen molar-refractivity contribution in [2.75, 3.05) is 50.9 Å². The van der Waals surface area contributed by atoms with E-state index >= 15 is 0 Å². The van der Waals surface area contributed by atoms with E-state index in [1.54, 1.807) is 6.20 Å². The fourth-order valence-corrected chi connectivity index (χ4v) is 4.52. The number of likely N-dealkylation sites (tertiary alicyclic amines) is 1. The van der Waals surface area contributed by atoms with Crippen molar-refractivity contribution in [2.45, 2.75) is 37.7 Å². The number of nitrogens with zero attached hydrogens (tertiary/aromatic N) is 3. The molecule has 0 aliphatic carbocycles. The average Bonchev–Trinajstić information content (AvgIpc) is 3.21. The molecule has 4 rings (SSSR count). The van der Waals surface area contributed by atoms with Gasteiger partial charge in [0.25, 0.3) is 0 Å². The third kappa shape index (κ3) is 5.22. The van der Waals surface area contributed by atoms with Gasteiger partial charge in [0.15, 0.2) is 0 Å². The Morgan fingerprint density at radius 3 is 2.83 bits per heavy atom. The number of morpholine rings is 1. The molecule has 1 amide bonds. The lowest BCUT2D eigenvalue weighted by molar-refractivity contribution is -0.143. The predicted molar refractivity (Wildman–Crippen MR) is 103 cm³/mol. The van der Waals surface area contributed by atoms with Crippen molar-refractivity contribution in [2.24, 2.45) is 5.92 Å². The van der Waals surface area contributed by atoms with Crippen LogP contribution in [0.4, 0.5) is 19.0 Å². The maximum atomic E-state index is 12.5. The number of hydrogen-bond acceptors (Lipinski definition) is 6. The largest absolute Gasteiger partial charge is 0.405 e. The second-order valence-electron chi connectivity index (χ2n) is 8.08. The minimum absolute atomic E-state index is 0.124. The molecular weight excluding hydrogens is 401 g/mol. The summed E-state index contributed by atoms with van der Waals surface area (Å²) in [7, 11) is 0. The molecule has 0 spiro atoms. The average molecular weight is 428 g/mol. The molecule has 1 aromatic heterocycles. The van der Waals surface area contributed by atoms with E-state index in [9.17, 15) is 18.0 Å². The van der Waals surface area contributed by atoms with E-state index in [2.05, 4.69) is 14.8 Å². The van der Waals surface area contributed by atoms with Crippen LogP contribution in [0.15, 0.2) is 18.3 Å². The maximum Gasteiger partial charge on any atom is 0.405 e. The molecule has 1 aromatic rings. The third-order valence-electron chi connectivity index (χ3n) is 5.98. The van der Waals surface area contributed by atoms with Gasteiger partial charge in [-0.1, -0.05) is 0 Å². The van der Waals surface area contributed by atoms with E-state index in [1.165, 1.54) is 0 Å². The lowest BCUT2D eigenvalue weighted by atomic mass is 9.89. The second-order valence-corrected chi connectivity index (χ2v) is 8.08. The first-order chi connectivity index (χ1) is 14.4. The number of amides is 1. The number of halogens is 3. The molecule has 3 saturated heterocycles. The Hall–Kier alpha value is -1.91. The topological polar surface area (TPSA) is 66.9 Å². The molecule has 10 heteroatoms. The maximum absolute atomic E-state index is 12.5. The molecule has 3 aliphatic rings. The predicted octanol–water partition coefficient (Wildman–Crippen LogP) is 1.58. The van der Waals surface area contributed by atoms with E-state index in [1.807, 2.05) is 17.4 Å². The Bertz CT molecular complexity index is 742. The van der Waals surface area contributed by atoms with Gasteiger partial charge in [-0.3, -0.25) is 9.69 Å². The quantitative estimate of drug-likeness (QED) is 0.768. The molecule has 0 bridgehead atoms. The van der Waals surface area contributed by atoms with Crippen LogP contribution in [0.5, 0.6) is 0 Å². The molecule has 7 nitrogen and oxygen atoms in total. The van der Waals surface area contributed by atoms with Crippen LogP contribution >= 0.6 is 0 Å². The van der Waals surface area contributed by atoms with Gasteiger partial charge in [-0.15, -0.1) is 0 Å². The fourth-order valence-electron chi connectivity index (χ4n) is 4.52. The minimum Gasteiger partial charge on any atom is -0.378 e. The summed E-state index contributed by atoms with van der Waals surface area (Å²) in [5.41, 5.74) is 1.06. The normalized spacial score (nSPS) is 27.7. The molecule has 0 unspecified atom stereocenters. The molecule has 3 aliphatic heterocycles. The Morgan fingerprint density at radius 2 is 2.07 bits per heavy atom. The highest BCUT2D eigenvalue weighted by molar-refractivity contribution is 5.79. The van der Waals surface area contributed by atoms with E-state index in [4.69, 9.17) is 9.47 Å². The van der Waals surface area contributed by atoms with Crippen LogP contribution in [-0.4, -0.2) is 80.1 Å². The van der Waals surface area contributed by atoms with Gasteiger partial charge in [0.05, 0.1) is 25.2 Å². The number of pyridine rings is 1. The first kappa shape index (κ1) is 21.3. The number of rotatable bonds is 5. The van der Waals surface area contributed by atoms with Gasteiger partial charge in [0, 0.05) is 45.0 Å². The highest BCUT2D eigenvalue weighted by Gasteiger charge is 2.42. The number of carbonyl (C=O) groups is 1. The summed E-state index contributed by atoms with van der Waals surface area (Å²) < 4.78 is 48.6. The van der Waals surface area contributed by atoms with Gasteiger partial charge in [-0.05, 0) is 30.5 Å². The molecule has 0 radical (unpaired) electrons. The molecule has 1 N–H and O–H groups in total.